The first-order valence-corrected chi connectivity index (χ1v) is 6.30. The first-order chi connectivity index (χ1) is 9.88. The lowest BCUT2D eigenvalue weighted by atomic mass is 10.2. The van der Waals surface area contributed by atoms with Crippen molar-refractivity contribution in [1.82, 2.24) is 0 Å². The van der Waals surface area contributed by atoms with E-state index in [1.54, 1.807) is 0 Å². The highest BCUT2D eigenvalue weighted by molar-refractivity contribution is 5.61. The van der Waals surface area contributed by atoms with Crippen LogP contribution < -0.4 is 5.32 Å². The van der Waals surface area contributed by atoms with Crippen molar-refractivity contribution in [2.45, 2.75) is 6.42 Å². The van der Waals surface area contributed by atoms with Gasteiger partial charge >= 0.3 is 0 Å². The van der Waals surface area contributed by atoms with Crippen LogP contribution in [0.4, 0.5) is 11.4 Å². The number of hydrogen-bond donors (Lipinski definition) is 1. The smallest absolute Gasteiger partial charge is 0.0396 e. The number of rotatable bonds is 4. The highest BCUT2D eigenvalue weighted by atomic mass is 15.1. The number of nitrogens with zero attached hydrogens (tertiary/aromatic N) is 3. The van der Waals surface area contributed by atoms with Gasteiger partial charge in [0.25, 0.3) is 0 Å². The lowest BCUT2D eigenvalue weighted by Gasteiger charge is -2.06. The van der Waals surface area contributed by atoms with Gasteiger partial charge in [-0.2, -0.15) is 0 Å². The first-order valence-electron chi connectivity index (χ1n) is 6.30. The van der Waals surface area contributed by atoms with Gasteiger partial charge in [-0.3, -0.25) is 0 Å². The van der Waals surface area contributed by atoms with E-state index in [0.717, 1.165) is 16.9 Å². The SMILES string of the molecule is [N-]=[N+]=NCCC#Cc1cccc(Nc2ccccc2)c1. The molecule has 20 heavy (non-hydrogen) atoms. The van der Waals surface area contributed by atoms with Crippen molar-refractivity contribution >= 4 is 11.4 Å². The van der Waals surface area contributed by atoms with Crippen LogP contribution >= 0.6 is 0 Å². The lowest BCUT2D eigenvalue weighted by molar-refractivity contribution is 1.01. The normalized spacial score (nSPS) is 9.00. The van der Waals surface area contributed by atoms with Gasteiger partial charge in [-0.25, -0.2) is 0 Å². The van der Waals surface area contributed by atoms with Crippen LogP contribution in [0.1, 0.15) is 12.0 Å². The van der Waals surface area contributed by atoms with E-state index in [2.05, 4.69) is 27.2 Å². The molecule has 0 spiro atoms. The largest absolute Gasteiger partial charge is 0.355 e. The summed E-state index contributed by atoms with van der Waals surface area (Å²) in [6.07, 6.45) is 0.570. The Labute approximate surface area is 118 Å². The van der Waals surface area contributed by atoms with Crippen LogP contribution in [-0.4, -0.2) is 6.54 Å². The van der Waals surface area contributed by atoms with E-state index in [1.165, 1.54) is 0 Å². The molecule has 0 amide bonds. The van der Waals surface area contributed by atoms with E-state index in [0.29, 0.717) is 13.0 Å². The molecule has 0 saturated heterocycles. The molecule has 0 atom stereocenters. The summed E-state index contributed by atoms with van der Waals surface area (Å²) in [5.74, 6) is 6.04. The van der Waals surface area contributed by atoms with Crippen LogP contribution in [0.3, 0.4) is 0 Å². The van der Waals surface area contributed by atoms with Crippen molar-refractivity contribution in [3.05, 3.63) is 70.6 Å². The molecule has 4 nitrogen and oxygen atoms in total. The van der Waals surface area contributed by atoms with Crippen molar-refractivity contribution in [2.75, 3.05) is 11.9 Å². The molecule has 2 rings (SSSR count). The first kappa shape index (κ1) is 13.5. The third kappa shape index (κ3) is 4.41. The monoisotopic (exact) mass is 262 g/mol. The van der Waals surface area contributed by atoms with E-state index in [9.17, 15) is 0 Å². The maximum Gasteiger partial charge on any atom is 0.0396 e. The van der Waals surface area contributed by atoms with Gasteiger partial charge in [0.1, 0.15) is 0 Å². The highest BCUT2D eigenvalue weighted by Gasteiger charge is 1.94. The van der Waals surface area contributed by atoms with Gasteiger partial charge in [-0.1, -0.05) is 41.2 Å². The second-order valence-corrected chi connectivity index (χ2v) is 4.08. The van der Waals surface area contributed by atoms with Gasteiger partial charge in [0.05, 0.1) is 0 Å². The molecule has 0 aliphatic heterocycles. The molecule has 1 N–H and O–H groups in total. The molecule has 0 bridgehead atoms. The van der Waals surface area contributed by atoms with E-state index < -0.39 is 0 Å². The van der Waals surface area contributed by atoms with Crippen LogP contribution in [0.25, 0.3) is 10.4 Å². The minimum absolute atomic E-state index is 0.408. The van der Waals surface area contributed by atoms with E-state index in [1.807, 2.05) is 54.6 Å². The molecule has 2 aromatic carbocycles. The Morgan fingerprint density at radius 2 is 1.85 bits per heavy atom. The van der Waals surface area contributed by atoms with Gasteiger partial charge in [0, 0.05) is 34.8 Å². The third-order valence-corrected chi connectivity index (χ3v) is 2.56. The van der Waals surface area contributed by atoms with Gasteiger partial charge in [0.2, 0.25) is 0 Å². The van der Waals surface area contributed by atoms with Crippen LogP contribution in [0, 0.1) is 11.8 Å². The number of benzene rings is 2. The molecule has 0 heterocycles. The number of hydrogen-bond acceptors (Lipinski definition) is 2. The molecule has 0 radical (unpaired) electrons. The molecule has 0 unspecified atom stereocenters. The molecular formula is C16H14N4. The van der Waals surface area contributed by atoms with Gasteiger partial charge < -0.3 is 5.32 Å². The second-order valence-electron chi connectivity index (χ2n) is 4.08. The summed E-state index contributed by atoms with van der Waals surface area (Å²) in [5.41, 5.74) is 11.1. The van der Waals surface area contributed by atoms with Crippen LogP contribution in [0.15, 0.2) is 59.7 Å². The fraction of sp³-hybridized carbons (Fsp3) is 0.125. The van der Waals surface area contributed by atoms with Crippen molar-refractivity contribution in [3.63, 3.8) is 0 Å². The number of nitrogens with one attached hydrogen (secondary N) is 1. The van der Waals surface area contributed by atoms with E-state index >= 15 is 0 Å². The fourth-order valence-electron chi connectivity index (χ4n) is 1.68. The Balaban J connectivity index is 2.02. The molecule has 2 aromatic rings. The summed E-state index contributed by atoms with van der Waals surface area (Å²) < 4.78 is 0. The standard InChI is InChI=1S/C16H14N4/c17-20-18-12-5-4-7-14-8-6-11-16(13-14)19-15-9-2-1-3-10-15/h1-3,6,8-11,13,19H,5,12H2. The lowest BCUT2D eigenvalue weighted by Crippen LogP contribution is -1.89. The second kappa shape index (κ2) is 7.52. The molecular weight excluding hydrogens is 248 g/mol. The Hall–Kier alpha value is -2.89. The van der Waals surface area contributed by atoms with Crippen molar-refractivity contribution < 1.29 is 0 Å². The zero-order valence-corrected chi connectivity index (χ0v) is 11.0. The van der Waals surface area contributed by atoms with Crippen molar-refractivity contribution in [2.24, 2.45) is 5.11 Å². The minimum atomic E-state index is 0.408. The Morgan fingerprint density at radius 3 is 2.65 bits per heavy atom. The number of azide groups is 1. The van der Waals surface area contributed by atoms with E-state index in [4.69, 9.17) is 5.53 Å². The highest BCUT2D eigenvalue weighted by Crippen LogP contribution is 2.16. The molecule has 98 valence electrons. The summed E-state index contributed by atoms with van der Waals surface area (Å²) in [7, 11) is 0. The van der Waals surface area contributed by atoms with Crippen LogP contribution in [-0.2, 0) is 0 Å². The third-order valence-electron chi connectivity index (χ3n) is 2.56. The Bertz CT molecular complexity index is 662. The van der Waals surface area contributed by atoms with Crippen molar-refractivity contribution in [1.29, 1.82) is 0 Å². The quantitative estimate of drug-likeness (QED) is 0.285. The van der Waals surface area contributed by atoms with Crippen molar-refractivity contribution in [3.8, 4) is 11.8 Å². The summed E-state index contributed by atoms with van der Waals surface area (Å²) in [6.45, 7) is 0.408. The number of para-hydroxylation sites is 1. The summed E-state index contributed by atoms with van der Waals surface area (Å²) in [5, 5.41) is 6.76. The predicted molar refractivity (Wildman–Crippen MR) is 81.7 cm³/mol. The average Bonchev–Trinajstić information content (AvgIpc) is 2.48. The minimum Gasteiger partial charge on any atom is -0.355 e. The molecule has 0 saturated carbocycles. The van der Waals surface area contributed by atoms with Crippen LogP contribution in [0.5, 0.6) is 0 Å². The predicted octanol–water partition coefficient (Wildman–Crippen LogP) is 4.48. The molecule has 0 aliphatic rings. The number of anilines is 2. The topological polar surface area (TPSA) is 60.8 Å². The summed E-state index contributed by atoms with van der Waals surface area (Å²) in [4.78, 5) is 2.69. The van der Waals surface area contributed by atoms with Gasteiger partial charge in [-0.05, 0) is 35.9 Å². The van der Waals surface area contributed by atoms with Gasteiger partial charge in [-0.15, -0.1) is 0 Å². The zero-order valence-electron chi connectivity index (χ0n) is 11.0. The molecule has 0 fully saturated rings. The van der Waals surface area contributed by atoms with E-state index in [-0.39, 0.29) is 0 Å². The molecule has 4 heteroatoms. The Kier molecular flexibility index (Phi) is 5.09. The molecule has 0 aromatic heterocycles. The summed E-state index contributed by atoms with van der Waals surface area (Å²) >= 11 is 0. The van der Waals surface area contributed by atoms with Crippen LogP contribution in [0.2, 0.25) is 0 Å². The summed E-state index contributed by atoms with van der Waals surface area (Å²) in [6, 6.07) is 17.9. The molecule has 0 aliphatic carbocycles. The average molecular weight is 262 g/mol. The Morgan fingerprint density at radius 1 is 1.05 bits per heavy atom. The van der Waals surface area contributed by atoms with Gasteiger partial charge in [0.15, 0.2) is 0 Å². The maximum absolute atomic E-state index is 8.16. The zero-order chi connectivity index (χ0) is 14.0. The maximum atomic E-state index is 8.16. The fourth-order valence-corrected chi connectivity index (χ4v) is 1.68.